The maximum Gasteiger partial charge on any atom is 0.136 e. The van der Waals surface area contributed by atoms with Crippen LogP contribution in [0.2, 0.25) is 0 Å². The number of aryl methyl sites for hydroxylation is 3. The molecule has 2 unspecified atom stereocenters. The van der Waals surface area contributed by atoms with Crippen molar-refractivity contribution in [2.75, 3.05) is 9.80 Å². The van der Waals surface area contributed by atoms with Gasteiger partial charge in [-0.25, -0.2) is 4.99 Å². The fraction of sp³-hybridized carbons (Fsp3) is 0.250. The number of hydrogen-bond acceptors (Lipinski definition) is 6. The molecule has 134 valence electrons. The molecule has 2 aromatic carbocycles. The van der Waals surface area contributed by atoms with Crippen molar-refractivity contribution in [2.24, 2.45) is 16.5 Å². The van der Waals surface area contributed by atoms with Crippen LogP contribution >= 0.6 is 11.8 Å². The molecule has 0 radical (unpaired) electrons. The first-order valence-corrected chi connectivity index (χ1v) is 9.52. The van der Waals surface area contributed by atoms with Crippen molar-refractivity contribution < 1.29 is 0 Å². The summed E-state index contributed by atoms with van der Waals surface area (Å²) in [6, 6.07) is 14.6. The van der Waals surface area contributed by atoms with Crippen LogP contribution in [0.5, 0.6) is 0 Å². The van der Waals surface area contributed by atoms with Crippen LogP contribution in [0.4, 0.5) is 11.4 Å². The van der Waals surface area contributed by atoms with Crippen LogP contribution in [0.15, 0.2) is 58.2 Å². The van der Waals surface area contributed by atoms with Gasteiger partial charge in [0, 0.05) is 11.4 Å². The van der Waals surface area contributed by atoms with Crippen LogP contribution in [0.3, 0.4) is 0 Å². The molecule has 2 atom stereocenters. The Morgan fingerprint density at radius 3 is 2.27 bits per heavy atom. The number of anilines is 2. The number of nitrogens with zero attached hydrogens (tertiary/aromatic N) is 3. The SMILES string of the molecule is Cc1ccc(N2C=NC3=C(C2N)N(c2c(C)cccc2C)C(N)S3)cc1. The molecule has 0 saturated heterocycles. The molecule has 0 bridgehead atoms. The first kappa shape index (κ1) is 17.1. The molecule has 2 aliphatic rings. The second-order valence-corrected chi connectivity index (χ2v) is 7.85. The minimum Gasteiger partial charge on any atom is -0.314 e. The van der Waals surface area contributed by atoms with Gasteiger partial charge >= 0.3 is 0 Å². The minimum absolute atomic E-state index is 0.235. The van der Waals surface area contributed by atoms with E-state index in [9.17, 15) is 0 Å². The third kappa shape index (κ3) is 2.70. The Bertz CT molecular complexity index is 883. The van der Waals surface area contributed by atoms with Crippen molar-refractivity contribution >= 4 is 29.5 Å². The topological polar surface area (TPSA) is 70.9 Å². The normalized spacial score (nSPS) is 22.2. The van der Waals surface area contributed by atoms with Gasteiger partial charge in [0.1, 0.15) is 16.7 Å². The lowest BCUT2D eigenvalue weighted by molar-refractivity contribution is 0.721. The van der Waals surface area contributed by atoms with E-state index in [-0.39, 0.29) is 11.7 Å². The average Bonchev–Trinajstić information content (AvgIpc) is 2.93. The fourth-order valence-corrected chi connectivity index (χ4v) is 4.53. The molecule has 4 rings (SSSR count). The molecular weight excluding hydrogens is 342 g/mol. The number of benzene rings is 2. The van der Waals surface area contributed by atoms with Crippen LogP contribution in [-0.2, 0) is 0 Å². The summed E-state index contributed by atoms with van der Waals surface area (Å²) in [6.45, 7) is 6.28. The summed E-state index contributed by atoms with van der Waals surface area (Å²) in [4.78, 5) is 8.79. The van der Waals surface area contributed by atoms with Crippen LogP contribution in [0.25, 0.3) is 0 Å². The molecule has 0 aromatic heterocycles. The quantitative estimate of drug-likeness (QED) is 0.853. The zero-order valence-electron chi connectivity index (χ0n) is 15.2. The molecule has 2 aromatic rings. The van der Waals surface area contributed by atoms with Gasteiger partial charge in [0.05, 0.1) is 12.0 Å². The predicted molar refractivity (Wildman–Crippen MR) is 111 cm³/mol. The summed E-state index contributed by atoms with van der Waals surface area (Å²) in [5.74, 6) is 0. The second-order valence-electron chi connectivity index (χ2n) is 6.74. The number of hydrogen-bond donors (Lipinski definition) is 2. The minimum atomic E-state index is -0.342. The smallest absolute Gasteiger partial charge is 0.136 e. The van der Waals surface area contributed by atoms with Gasteiger partial charge in [-0.15, -0.1) is 0 Å². The van der Waals surface area contributed by atoms with Crippen molar-refractivity contribution in [3.63, 3.8) is 0 Å². The first-order valence-electron chi connectivity index (χ1n) is 8.64. The predicted octanol–water partition coefficient (Wildman–Crippen LogP) is 3.41. The van der Waals surface area contributed by atoms with Crippen LogP contribution in [0.1, 0.15) is 16.7 Å². The Morgan fingerprint density at radius 2 is 1.62 bits per heavy atom. The summed E-state index contributed by atoms with van der Waals surface area (Å²) in [5.41, 5.74) is 19.6. The van der Waals surface area contributed by atoms with Gasteiger partial charge in [-0.05, 0) is 44.0 Å². The van der Waals surface area contributed by atoms with E-state index in [2.05, 4.69) is 73.1 Å². The highest BCUT2D eigenvalue weighted by atomic mass is 32.2. The molecule has 2 heterocycles. The van der Waals surface area contributed by atoms with Gasteiger partial charge in [0.25, 0.3) is 0 Å². The second kappa shape index (κ2) is 6.46. The van der Waals surface area contributed by atoms with Crippen molar-refractivity contribution in [1.29, 1.82) is 0 Å². The summed E-state index contributed by atoms with van der Waals surface area (Å²) >= 11 is 1.55. The van der Waals surface area contributed by atoms with Gasteiger partial charge in [0.15, 0.2) is 0 Å². The number of thioether (sulfide) groups is 1. The molecule has 0 saturated carbocycles. The van der Waals surface area contributed by atoms with Crippen molar-refractivity contribution in [2.45, 2.75) is 32.4 Å². The number of para-hydroxylation sites is 1. The van der Waals surface area contributed by atoms with Crippen LogP contribution < -0.4 is 21.3 Å². The molecule has 5 nitrogen and oxygen atoms in total. The number of aliphatic imine (C=N–C) groups is 1. The largest absolute Gasteiger partial charge is 0.314 e. The third-order valence-corrected chi connectivity index (χ3v) is 5.85. The first-order chi connectivity index (χ1) is 12.5. The van der Waals surface area contributed by atoms with E-state index < -0.39 is 0 Å². The Hall–Kier alpha value is -2.28. The highest BCUT2D eigenvalue weighted by Gasteiger charge is 2.39. The van der Waals surface area contributed by atoms with Gasteiger partial charge in [-0.3, -0.25) is 0 Å². The standard InChI is InChI=1S/C20H23N5S/c1-12-7-9-15(10-8-12)24-11-23-19-17(18(24)21)25(20(22)26-19)16-13(2)5-4-6-14(16)3/h4-11,18,20H,21-22H2,1-3H3. The summed E-state index contributed by atoms with van der Waals surface area (Å²) in [6.07, 6.45) is 1.47. The van der Waals surface area contributed by atoms with Crippen molar-refractivity contribution in [3.8, 4) is 0 Å². The van der Waals surface area contributed by atoms with E-state index in [0.29, 0.717) is 0 Å². The fourth-order valence-electron chi connectivity index (χ4n) is 3.53. The highest BCUT2D eigenvalue weighted by molar-refractivity contribution is 8.04. The van der Waals surface area contributed by atoms with Gasteiger partial charge in [0.2, 0.25) is 0 Å². The van der Waals surface area contributed by atoms with Gasteiger partial charge in [-0.2, -0.15) is 0 Å². The molecule has 0 fully saturated rings. The van der Waals surface area contributed by atoms with Crippen molar-refractivity contribution in [1.82, 2.24) is 0 Å². The molecule has 0 aliphatic carbocycles. The zero-order valence-corrected chi connectivity index (χ0v) is 16.0. The Kier molecular flexibility index (Phi) is 4.26. The molecule has 0 spiro atoms. The maximum absolute atomic E-state index is 6.69. The maximum atomic E-state index is 6.69. The lowest BCUT2D eigenvalue weighted by Crippen LogP contribution is -2.50. The summed E-state index contributed by atoms with van der Waals surface area (Å²) in [5, 5.41) is 0.899. The molecule has 26 heavy (non-hydrogen) atoms. The van der Waals surface area contributed by atoms with E-state index in [4.69, 9.17) is 11.5 Å². The molecular formula is C20H23N5S. The van der Waals surface area contributed by atoms with Gasteiger partial charge < -0.3 is 21.3 Å². The van der Waals surface area contributed by atoms with E-state index in [1.165, 1.54) is 16.7 Å². The monoisotopic (exact) mass is 365 g/mol. The average molecular weight is 366 g/mol. The van der Waals surface area contributed by atoms with Crippen molar-refractivity contribution in [3.05, 3.63) is 69.9 Å². The van der Waals surface area contributed by atoms with Crippen LogP contribution in [0, 0.1) is 20.8 Å². The molecule has 4 N–H and O–H groups in total. The van der Waals surface area contributed by atoms with E-state index in [1.54, 1.807) is 11.8 Å². The summed E-state index contributed by atoms with van der Waals surface area (Å²) < 4.78 is 0. The van der Waals surface area contributed by atoms with E-state index in [1.807, 2.05) is 11.2 Å². The number of nitrogens with two attached hydrogens (primary N) is 2. The third-order valence-electron chi connectivity index (χ3n) is 4.86. The molecule has 0 amide bonds. The van der Waals surface area contributed by atoms with Crippen LogP contribution in [-0.4, -0.2) is 18.0 Å². The summed E-state index contributed by atoms with van der Waals surface area (Å²) in [7, 11) is 0. The lowest BCUT2D eigenvalue weighted by atomic mass is 10.1. The zero-order chi connectivity index (χ0) is 18.4. The molecule has 2 aliphatic heterocycles. The Balaban J connectivity index is 1.76. The van der Waals surface area contributed by atoms with E-state index in [0.717, 1.165) is 22.1 Å². The van der Waals surface area contributed by atoms with E-state index >= 15 is 0 Å². The lowest BCUT2D eigenvalue weighted by Gasteiger charge is -2.36. The Labute approximate surface area is 158 Å². The van der Waals surface area contributed by atoms with Gasteiger partial charge in [-0.1, -0.05) is 47.7 Å². The number of rotatable bonds is 2. The highest BCUT2D eigenvalue weighted by Crippen LogP contribution is 2.45. The molecule has 6 heteroatoms. The Morgan fingerprint density at radius 1 is 0.962 bits per heavy atom.